The van der Waals surface area contributed by atoms with Crippen molar-refractivity contribution in [2.24, 2.45) is 0 Å². The molecule has 0 aliphatic carbocycles. The maximum atomic E-state index is 12.6. The fourth-order valence-corrected chi connectivity index (χ4v) is 2.74. The van der Waals surface area contributed by atoms with Gasteiger partial charge in [-0.3, -0.25) is 9.69 Å². The first-order valence-electron chi connectivity index (χ1n) is 8.47. The van der Waals surface area contributed by atoms with Crippen LogP contribution in [0.3, 0.4) is 0 Å². The Bertz CT molecular complexity index is 988. The Morgan fingerprint density at radius 1 is 1.00 bits per heavy atom. The van der Waals surface area contributed by atoms with Gasteiger partial charge in [0.25, 0.3) is 5.56 Å². The largest absolute Gasteiger partial charge is 0.573 e. The Morgan fingerprint density at radius 2 is 1.68 bits per heavy atom. The van der Waals surface area contributed by atoms with Crippen LogP contribution in [0.4, 0.5) is 13.2 Å². The Balaban J connectivity index is 1.77. The first kappa shape index (κ1) is 19.6. The summed E-state index contributed by atoms with van der Waals surface area (Å²) in [6, 6.07) is 18.4. The van der Waals surface area contributed by atoms with Gasteiger partial charge in [0.1, 0.15) is 5.75 Å². The van der Waals surface area contributed by atoms with E-state index >= 15 is 0 Å². The number of ether oxygens (including phenoxy) is 1. The molecule has 0 fully saturated rings. The van der Waals surface area contributed by atoms with E-state index < -0.39 is 6.36 Å². The SMILES string of the molecule is CN(Cc1ccccc1OC(F)(F)F)Cn1nc(-c2ccccc2)ccc1=O. The van der Waals surface area contributed by atoms with Gasteiger partial charge in [-0.15, -0.1) is 13.2 Å². The molecule has 5 nitrogen and oxygen atoms in total. The molecule has 3 aromatic rings. The number of halogens is 3. The fourth-order valence-electron chi connectivity index (χ4n) is 2.74. The highest BCUT2D eigenvalue weighted by molar-refractivity contribution is 5.57. The molecule has 0 amide bonds. The Labute approximate surface area is 159 Å². The van der Waals surface area contributed by atoms with Crippen molar-refractivity contribution in [3.8, 4) is 17.0 Å². The number of hydrogen-bond donors (Lipinski definition) is 0. The van der Waals surface area contributed by atoms with Crippen molar-refractivity contribution in [2.45, 2.75) is 19.6 Å². The third-order valence-electron chi connectivity index (χ3n) is 3.95. The molecule has 0 atom stereocenters. The van der Waals surface area contributed by atoms with Gasteiger partial charge in [-0.25, -0.2) is 4.68 Å². The van der Waals surface area contributed by atoms with Crippen molar-refractivity contribution < 1.29 is 17.9 Å². The molecule has 2 aromatic carbocycles. The van der Waals surface area contributed by atoms with Crippen LogP contribution in [0.15, 0.2) is 71.5 Å². The van der Waals surface area contributed by atoms with Crippen LogP contribution in [-0.4, -0.2) is 28.1 Å². The first-order valence-corrected chi connectivity index (χ1v) is 8.47. The van der Waals surface area contributed by atoms with E-state index in [9.17, 15) is 18.0 Å². The molecule has 0 saturated heterocycles. The van der Waals surface area contributed by atoms with Gasteiger partial charge in [0.2, 0.25) is 0 Å². The second-order valence-electron chi connectivity index (χ2n) is 6.23. The highest BCUT2D eigenvalue weighted by Gasteiger charge is 2.32. The van der Waals surface area contributed by atoms with E-state index in [0.717, 1.165) is 5.56 Å². The second kappa shape index (κ2) is 8.26. The minimum absolute atomic E-state index is 0.111. The van der Waals surface area contributed by atoms with E-state index in [1.165, 1.54) is 22.9 Å². The summed E-state index contributed by atoms with van der Waals surface area (Å²) in [5.41, 5.74) is 1.55. The normalized spacial score (nSPS) is 11.6. The van der Waals surface area contributed by atoms with Crippen LogP contribution < -0.4 is 10.3 Å². The topological polar surface area (TPSA) is 47.4 Å². The number of alkyl halides is 3. The standard InChI is InChI=1S/C20H18F3N3O2/c1-25(13-16-9-5-6-10-18(16)28-20(21,22)23)14-26-19(27)12-11-17(24-26)15-7-3-2-4-8-15/h2-12H,13-14H2,1H3. The van der Waals surface area contributed by atoms with Gasteiger partial charge in [-0.2, -0.15) is 5.10 Å². The third-order valence-corrected chi connectivity index (χ3v) is 3.95. The fraction of sp³-hybridized carbons (Fsp3) is 0.200. The molecule has 1 aromatic heterocycles. The van der Waals surface area contributed by atoms with E-state index in [2.05, 4.69) is 9.84 Å². The van der Waals surface area contributed by atoms with Crippen LogP contribution >= 0.6 is 0 Å². The molecule has 0 N–H and O–H groups in total. The summed E-state index contributed by atoms with van der Waals surface area (Å²) in [6.45, 7) is 0.260. The number of aromatic nitrogens is 2. The zero-order valence-corrected chi connectivity index (χ0v) is 15.1. The number of rotatable bonds is 6. The summed E-state index contributed by atoms with van der Waals surface area (Å²) in [6.07, 6.45) is -4.77. The molecule has 0 unspecified atom stereocenters. The van der Waals surface area contributed by atoms with Crippen molar-refractivity contribution in [2.75, 3.05) is 7.05 Å². The van der Waals surface area contributed by atoms with Crippen molar-refractivity contribution in [3.05, 3.63) is 82.6 Å². The van der Waals surface area contributed by atoms with Gasteiger partial charge in [-0.1, -0.05) is 48.5 Å². The van der Waals surface area contributed by atoms with E-state index in [1.54, 1.807) is 30.1 Å². The van der Waals surface area contributed by atoms with Crippen LogP contribution in [-0.2, 0) is 13.2 Å². The predicted octanol–water partition coefficient (Wildman–Crippen LogP) is 3.90. The lowest BCUT2D eigenvalue weighted by Crippen LogP contribution is -2.31. The van der Waals surface area contributed by atoms with E-state index in [1.807, 2.05) is 30.3 Å². The molecule has 0 bridgehead atoms. The molecule has 0 aliphatic rings. The van der Waals surface area contributed by atoms with E-state index in [0.29, 0.717) is 11.3 Å². The summed E-state index contributed by atoms with van der Waals surface area (Å²) in [5, 5.41) is 4.36. The van der Waals surface area contributed by atoms with Crippen LogP contribution in [0.25, 0.3) is 11.3 Å². The molecule has 28 heavy (non-hydrogen) atoms. The van der Waals surface area contributed by atoms with Gasteiger partial charge >= 0.3 is 6.36 Å². The van der Waals surface area contributed by atoms with Crippen LogP contribution in [0.1, 0.15) is 5.56 Å². The number of para-hydroxylation sites is 1. The molecule has 0 radical (unpaired) electrons. The highest BCUT2D eigenvalue weighted by Crippen LogP contribution is 2.27. The third kappa shape index (κ3) is 5.20. The minimum Gasteiger partial charge on any atom is -0.405 e. The second-order valence-corrected chi connectivity index (χ2v) is 6.23. The van der Waals surface area contributed by atoms with Gasteiger partial charge in [0.05, 0.1) is 12.4 Å². The number of nitrogens with zero attached hydrogens (tertiary/aromatic N) is 3. The smallest absolute Gasteiger partial charge is 0.405 e. The summed E-state index contributed by atoms with van der Waals surface area (Å²) in [5.74, 6) is -0.264. The Kier molecular flexibility index (Phi) is 5.79. The average Bonchev–Trinajstić information content (AvgIpc) is 2.65. The monoisotopic (exact) mass is 389 g/mol. The van der Waals surface area contributed by atoms with Gasteiger partial charge in [0, 0.05) is 23.7 Å². The molecule has 1 heterocycles. The molecule has 0 saturated carbocycles. The molecular weight excluding hydrogens is 371 g/mol. The average molecular weight is 389 g/mol. The van der Waals surface area contributed by atoms with Crippen LogP contribution in [0, 0.1) is 0 Å². The van der Waals surface area contributed by atoms with Gasteiger partial charge < -0.3 is 4.74 Å². The van der Waals surface area contributed by atoms with E-state index in [-0.39, 0.29) is 24.5 Å². The lowest BCUT2D eigenvalue weighted by Gasteiger charge is -2.20. The van der Waals surface area contributed by atoms with E-state index in [4.69, 9.17) is 0 Å². The van der Waals surface area contributed by atoms with Gasteiger partial charge in [0.15, 0.2) is 0 Å². The Hall–Kier alpha value is -3.13. The number of hydrogen-bond acceptors (Lipinski definition) is 4. The van der Waals surface area contributed by atoms with Crippen LogP contribution in [0.5, 0.6) is 5.75 Å². The highest BCUT2D eigenvalue weighted by atomic mass is 19.4. The lowest BCUT2D eigenvalue weighted by molar-refractivity contribution is -0.275. The van der Waals surface area contributed by atoms with Crippen molar-refractivity contribution >= 4 is 0 Å². The maximum absolute atomic E-state index is 12.6. The van der Waals surface area contributed by atoms with Crippen molar-refractivity contribution in [1.29, 1.82) is 0 Å². The minimum atomic E-state index is -4.77. The molecule has 3 rings (SSSR count). The first-order chi connectivity index (χ1) is 13.3. The molecule has 0 spiro atoms. The van der Waals surface area contributed by atoms with Crippen LogP contribution in [0.2, 0.25) is 0 Å². The summed E-state index contributed by atoms with van der Waals surface area (Å²) >= 11 is 0. The van der Waals surface area contributed by atoms with Crippen molar-refractivity contribution in [1.82, 2.24) is 14.7 Å². The predicted molar refractivity (Wildman–Crippen MR) is 98.5 cm³/mol. The maximum Gasteiger partial charge on any atom is 0.573 e. The van der Waals surface area contributed by atoms with Crippen molar-refractivity contribution in [3.63, 3.8) is 0 Å². The molecule has 8 heteroatoms. The zero-order chi connectivity index (χ0) is 20.1. The quantitative estimate of drug-likeness (QED) is 0.642. The molecular formula is C20H18F3N3O2. The lowest BCUT2D eigenvalue weighted by atomic mass is 10.1. The zero-order valence-electron chi connectivity index (χ0n) is 15.1. The summed E-state index contributed by atoms with van der Waals surface area (Å²) in [7, 11) is 1.69. The molecule has 0 aliphatic heterocycles. The van der Waals surface area contributed by atoms with Gasteiger partial charge in [-0.05, 0) is 19.2 Å². The summed E-state index contributed by atoms with van der Waals surface area (Å²) in [4.78, 5) is 13.8. The Morgan fingerprint density at radius 3 is 2.39 bits per heavy atom. The number of benzene rings is 2. The molecule has 146 valence electrons. The summed E-state index contributed by atoms with van der Waals surface area (Å²) < 4.78 is 43.1.